The van der Waals surface area contributed by atoms with Crippen LogP contribution >= 0.6 is 11.6 Å². The van der Waals surface area contributed by atoms with Gasteiger partial charge in [-0.15, -0.1) is 0 Å². The zero-order chi connectivity index (χ0) is 18.6. The Morgan fingerprint density at radius 2 is 1.96 bits per heavy atom. The molecule has 140 valence electrons. The van der Waals surface area contributed by atoms with E-state index in [0.717, 1.165) is 31.3 Å². The highest BCUT2D eigenvalue weighted by molar-refractivity contribution is 6.30. The van der Waals surface area contributed by atoms with Crippen molar-refractivity contribution in [1.29, 1.82) is 0 Å². The van der Waals surface area contributed by atoms with E-state index in [9.17, 15) is 13.2 Å². The fourth-order valence-corrected chi connectivity index (χ4v) is 2.93. The Balaban J connectivity index is 1.60. The molecule has 1 saturated heterocycles. The molecular weight excluding hydrogens is 365 g/mol. The third-order valence-electron chi connectivity index (χ3n) is 4.30. The summed E-state index contributed by atoms with van der Waals surface area (Å²) in [6.07, 6.45) is -4.47. The normalized spacial score (nSPS) is 14.9. The van der Waals surface area contributed by atoms with Crippen LogP contribution in [0.15, 0.2) is 42.5 Å². The number of halogens is 4. The first-order chi connectivity index (χ1) is 12.4. The summed E-state index contributed by atoms with van der Waals surface area (Å²) in [5, 5.41) is 6.65. The third-order valence-corrected chi connectivity index (χ3v) is 4.53. The molecule has 3 nitrogen and oxygen atoms in total. The first kappa shape index (κ1) is 19.0. The summed E-state index contributed by atoms with van der Waals surface area (Å²) in [5.41, 5.74) is 0.321. The van der Waals surface area contributed by atoms with Gasteiger partial charge < -0.3 is 15.4 Å². The Kier molecular flexibility index (Phi) is 6.06. The molecule has 0 radical (unpaired) electrons. The molecule has 7 heteroatoms. The van der Waals surface area contributed by atoms with Crippen molar-refractivity contribution in [3.05, 3.63) is 64.2 Å². The lowest BCUT2D eigenvalue weighted by Gasteiger charge is -2.27. The number of alkyl halides is 3. The zero-order valence-corrected chi connectivity index (χ0v) is 14.8. The zero-order valence-electron chi connectivity index (χ0n) is 14.1. The van der Waals surface area contributed by atoms with Crippen molar-refractivity contribution in [1.82, 2.24) is 10.6 Å². The van der Waals surface area contributed by atoms with E-state index in [2.05, 4.69) is 10.6 Å². The summed E-state index contributed by atoms with van der Waals surface area (Å²) < 4.78 is 45.0. The third kappa shape index (κ3) is 5.13. The van der Waals surface area contributed by atoms with Crippen LogP contribution in [-0.2, 0) is 19.3 Å². The van der Waals surface area contributed by atoms with E-state index in [1.165, 1.54) is 12.1 Å². The molecule has 2 aromatic carbocycles. The standard InChI is InChI=1S/C19H20ClF3N2O/c20-16-5-4-15(18(7-16)19(21,22)23)12-26-17-3-1-2-13(6-17)8-24-9-14-10-25-11-14/h1-7,14,24-25H,8-12H2. The fraction of sp³-hybridized carbons (Fsp3) is 0.368. The van der Waals surface area contributed by atoms with Gasteiger partial charge in [0.15, 0.2) is 0 Å². The van der Waals surface area contributed by atoms with Gasteiger partial charge >= 0.3 is 6.18 Å². The van der Waals surface area contributed by atoms with E-state index >= 15 is 0 Å². The van der Waals surface area contributed by atoms with Crippen LogP contribution < -0.4 is 15.4 Å². The van der Waals surface area contributed by atoms with Gasteiger partial charge in [-0.3, -0.25) is 0 Å². The molecule has 0 aromatic heterocycles. The second-order valence-corrected chi connectivity index (χ2v) is 6.83. The maximum atomic E-state index is 13.1. The highest BCUT2D eigenvalue weighted by Gasteiger charge is 2.33. The van der Waals surface area contributed by atoms with Gasteiger partial charge in [-0.05, 0) is 35.7 Å². The Morgan fingerprint density at radius 1 is 1.15 bits per heavy atom. The molecule has 1 fully saturated rings. The SMILES string of the molecule is FC(F)(F)c1cc(Cl)ccc1COc1cccc(CNCC2CNC2)c1. The fourth-order valence-electron chi connectivity index (χ4n) is 2.76. The quantitative estimate of drug-likeness (QED) is 0.748. The minimum absolute atomic E-state index is 0.0517. The summed E-state index contributed by atoms with van der Waals surface area (Å²) in [7, 11) is 0. The van der Waals surface area contributed by atoms with Crippen molar-refractivity contribution in [2.75, 3.05) is 19.6 Å². The minimum Gasteiger partial charge on any atom is -0.489 e. The summed E-state index contributed by atoms with van der Waals surface area (Å²) in [6.45, 7) is 3.55. The lowest BCUT2D eigenvalue weighted by atomic mass is 10.0. The molecule has 1 aliphatic rings. The largest absolute Gasteiger partial charge is 0.489 e. The van der Waals surface area contributed by atoms with Gasteiger partial charge in [-0.25, -0.2) is 0 Å². The molecule has 0 amide bonds. The summed E-state index contributed by atoms with van der Waals surface area (Å²) in [4.78, 5) is 0. The molecule has 0 spiro atoms. The number of nitrogens with one attached hydrogen (secondary N) is 2. The Morgan fingerprint density at radius 3 is 2.65 bits per heavy atom. The maximum absolute atomic E-state index is 13.1. The lowest BCUT2D eigenvalue weighted by molar-refractivity contribution is -0.138. The Labute approximate surface area is 155 Å². The van der Waals surface area contributed by atoms with Crippen LogP contribution in [0.3, 0.4) is 0 Å². The summed E-state index contributed by atoms with van der Waals surface area (Å²) in [6, 6.07) is 11.1. The molecule has 0 unspecified atom stereocenters. The van der Waals surface area contributed by atoms with Crippen molar-refractivity contribution in [3.63, 3.8) is 0 Å². The molecule has 2 N–H and O–H groups in total. The number of rotatable bonds is 7. The number of hydrogen-bond acceptors (Lipinski definition) is 3. The molecule has 2 aromatic rings. The molecular formula is C19H20ClF3N2O. The van der Waals surface area contributed by atoms with Crippen LogP contribution in [0, 0.1) is 5.92 Å². The monoisotopic (exact) mass is 384 g/mol. The maximum Gasteiger partial charge on any atom is 0.416 e. The molecule has 1 heterocycles. The van der Waals surface area contributed by atoms with Gasteiger partial charge in [0.1, 0.15) is 12.4 Å². The molecule has 1 aliphatic heterocycles. The van der Waals surface area contributed by atoms with Gasteiger partial charge in [-0.2, -0.15) is 13.2 Å². The minimum atomic E-state index is -4.47. The van der Waals surface area contributed by atoms with Gasteiger partial charge in [0.2, 0.25) is 0 Å². The molecule has 0 bridgehead atoms. The molecule has 0 saturated carbocycles. The van der Waals surface area contributed by atoms with Crippen LogP contribution in [0.4, 0.5) is 13.2 Å². The first-order valence-corrected chi connectivity index (χ1v) is 8.78. The van der Waals surface area contributed by atoms with Crippen LogP contribution in [0.1, 0.15) is 16.7 Å². The number of benzene rings is 2. The van der Waals surface area contributed by atoms with Gasteiger partial charge in [0, 0.05) is 36.8 Å². The van der Waals surface area contributed by atoms with E-state index < -0.39 is 11.7 Å². The molecule has 3 rings (SSSR count). The van der Waals surface area contributed by atoms with E-state index in [1.54, 1.807) is 6.07 Å². The Hall–Kier alpha value is -1.76. The summed E-state index contributed by atoms with van der Waals surface area (Å²) >= 11 is 5.69. The van der Waals surface area contributed by atoms with Crippen LogP contribution in [-0.4, -0.2) is 19.6 Å². The smallest absolute Gasteiger partial charge is 0.416 e. The molecule has 0 atom stereocenters. The molecule has 0 aliphatic carbocycles. The average Bonchev–Trinajstić information content (AvgIpc) is 2.55. The second kappa shape index (κ2) is 8.29. The highest BCUT2D eigenvalue weighted by atomic mass is 35.5. The predicted molar refractivity (Wildman–Crippen MR) is 95.3 cm³/mol. The van der Waals surface area contributed by atoms with Gasteiger partial charge in [0.25, 0.3) is 0 Å². The van der Waals surface area contributed by atoms with Crippen molar-refractivity contribution in [2.24, 2.45) is 5.92 Å². The topological polar surface area (TPSA) is 33.3 Å². The average molecular weight is 385 g/mol. The van der Waals surface area contributed by atoms with Gasteiger partial charge in [0.05, 0.1) is 5.56 Å². The van der Waals surface area contributed by atoms with Crippen LogP contribution in [0.5, 0.6) is 5.75 Å². The van der Waals surface area contributed by atoms with Crippen molar-refractivity contribution >= 4 is 11.6 Å². The molecule has 26 heavy (non-hydrogen) atoms. The van der Waals surface area contributed by atoms with E-state index in [-0.39, 0.29) is 17.2 Å². The van der Waals surface area contributed by atoms with Crippen molar-refractivity contribution in [2.45, 2.75) is 19.3 Å². The van der Waals surface area contributed by atoms with E-state index in [4.69, 9.17) is 16.3 Å². The Bertz CT molecular complexity index is 748. The first-order valence-electron chi connectivity index (χ1n) is 8.40. The van der Waals surface area contributed by atoms with E-state index in [0.29, 0.717) is 18.2 Å². The highest BCUT2D eigenvalue weighted by Crippen LogP contribution is 2.34. The number of hydrogen-bond donors (Lipinski definition) is 2. The predicted octanol–water partition coefficient (Wildman–Crippen LogP) is 4.25. The van der Waals surface area contributed by atoms with Gasteiger partial charge in [-0.1, -0.05) is 29.8 Å². The van der Waals surface area contributed by atoms with Crippen molar-refractivity contribution in [3.8, 4) is 5.75 Å². The van der Waals surface area contributed by atoms with E-state index in [1.807, 2.05) is 18.2 Å². The number of ether oxygens (including phenoxy) is 1. The summed E-state index contributed by atoms with van der Waals surface area (Å²) in [5.74, 6) is 1.21. The van der Waals surface area contributed by atoms with Crippen molar-refractivity contribution < 1.29 is 17.9 Å². The van der Waals surface area contributed by atoms with Crippen LogP contribution in [0.25, 0.3) is 0 Å². The van der Waals surface area contributed by atoms with Crippen LogP contribution in [0.2, 0.25) is 5.02 Å². The lowest BCUT2D eigenvalue weighted by Crippen LogP contribution is -2.47. The second-order valence-electron chi connectivity index (χ2n) is 6.39.